The van der Waals surface area contributed by atoms with Crippen molar-refractivity contribution in [3.63, 3.8) is 0 Å². The molecule has 1 unspecified atom stereocenters. The zero-order valence-corrected chi connectivity index (χ0v) is 9.69. The lowest BCUT2D eigenvalue weighted by Crippen LogP contribution is -2.47. The van der Waals surface area contributed by atoms with Gasteiger partial charge in [0, 0.05) is 25.9 Å². The first-order valence-corrected chi connectivity index (χ1v) is 5.57. The van der Waals surface area contributed by atoms with Crippen LogP contribution in [0.5, 0.6) is 0 Å². The minimum Gasteiger partial charge on any atom is -0.465 e. The highest BCUT2D eigenvalue weighted by Crippen LogP contribution is 2.15. The molecule has 1 aliphatic heterocycles. The zero-order valence-electron chi connectivity index (χ0n) is 9.69. The van der Waals surface area contributed by atoms with Crippen molar-refractivity contribution in [1.29, 1.82) is 0 Å². The van der Waals surface area contributed by atoms with Crippen molar-refractivity contribution in [1.82, 2.24) is 4.90 Å². The van der Waals surface area contributed by atoms with Crippen LogP contribution >= 0.6 is 0 Å². The third kappa shape index (κ3) is 2.81. The van der Waals surface area contributed by atoms with Crippen molar-refractivity contribution in [2.24, 2.45) is 5.92 Å². The van der Waals surface area contributed by atoms with Crippen molar-refractivity contribution in [3.05, 3.63) is 0 Å². The van der Waals surface area contributed by atoms with Gasteiger partial charge >= 0.3 is 5.97 Å². The van der Waals surface area contributed by atoms with Crippen molar-refractivity contribution in [3.8, 4) is 0 Å². The number of rotatable bonds is 3. The molecule has 0 N–H and O–H groups in total. The summed E-state index contributed by atoms with van der Waals surface area (Å²) in [6.07, 6.45) is 0.638. The highest BCUT2D eigenvalue weighted by Gasteiger charge is 2.35. The summed E-state index contributed by atoms with van der Waals surface area (Å²) >= 11 is 0. The first-order chi connectivity index (χ1) is 7.60. The topological polar surface area (TPSA) is 63.7 Å². The summed E-state index contributed by atoms with van der Waals surface area (Å²) in [6.45, 7) is 4.30. The van der Waals surface area contributed by atoms with Crippen molar-refractivity contribution in [2.75, 3.05) is 19.7 Å². The molecule has 1 atom stereocenters. The smallest absolute Gasteiger partial charge is 0.318 e. The molecule has 5 heteroatoms. The van der Waals surface area contributed by atoms with Crippen molar-refractivity contribution < 1.29 is 19.1 Å². The van der Waals surface area contributed by atoms with Gasteiger partial charge in [0.1, 0.15) is 5.92 Å². The van der Waals surface area contributed by atoms with Gasteiger partial charge < -0.3 is 9.64 Å². The predicted octanol–water partition coefficient (Wildman–Crippen LogP) is 0.377. The fourth-order valence-corrected chi connectivity index (χ4v) is 1.73. The predicted molar refractivity (Wildman–Crippen MR) is 56.6 cm³/mol. The maximum Gasteiger partial charge on any atom is 0.318 e. The van der Waals surface area contributed by atoms with Crippen molar-refractivity contribution in [2.45, 2.75) is 26.7 Å². The molecule has 0 saturated carbocycles. The quantitative estimate of drug-likeness (QED) is 0.516. The van der Waals surface area contributed by atoms with Crippen LogP contribution in [-0.4, -0.2) is 42.3 Å². The van der Waals surface area contributed by atoms with E-state index in [1.54, 1.807) is 18.7 Å². The number of likely N-dealkylation sites (tertiary alicyclic amines) is 1. The zero-order chi connectivity index (χ0) is 12.1. The molecule has 16 heavy (non-hydrogen) atoms. The lowest BCUT2D eigenvalue weighted by molar-refractivity contribution is -0.155. The lowest BCUT2D eigenvalue weighted by atomic mass is 9.96. The summed E-state index contributed by atoms with van der Waals surface area (Å²) in [5.41, 5.74) is 0. The monoisotopic (exact) mass is 227 g/mol. The summed E-state index contributed by atoms with van der Waals surface area (Å²) in [4.78, 5) is 36.0. The Hall–Kier alpha value is -1.39. The largest absolute Gasteiger partial charge is 0.465 e. The van der Waals surface area contributed by atoms with Crippen molar-refractivity contribution >= 4 is 17.7 Å². The Morgan fingerprint density at radius 2 is 2.12 bits per heavy atom. The number of hydrogen-bond acceptors (Lipinski definition) is 4. The second-order valence-electron chi connectivity index (χ2n) is 3.71. The molecule has 1 aliphatic rings. The molecule has 5 nitrogen and oxygen atoms in total. The Morgan fingerprint density at radius 3 is 2.69 bits per heavy atom. The standard InChI is InChI=1S/C11H17NO4/c1-3-10(14)12-6-5-9(13)8(7-12)11(15)16-4-2/h8H,3-7H2,1-2H3. The van der Waals surface area contributed by atoms with E-state index in [2.05, 4.69) is 0 Å². The number of esters is 1. The van der Waals surface area contributed by atoms with Gasteiger partial charge in [-0.1, -0.05) is 6.92 Å². The third-order valence-corrected chi connectivity index (χ3v) is 2.65. The fraction of sp³-hybridized carbons (Fsp3) is 0.727. The summed E-state index contributed by atoms with van der Waals surface area (Å²) in [6, 6.07) is 0. The molecule has 0 radical (unpaired) electrons. The number of nitrogens with zero attached hydrogens (tertiary/aromatic N) is 1. The minimum atomic E-state index is -0.788. The van der Waals surface area contributed by atoms with Gasteiger partial charge in [-0.15, -0.1) is 0 Å². The van der Waals surface area contributed by atoms with Gasteiger partial charge in [0.2, 0.25) is 5.91 Å². The number of piperidine rings is 1. The first kappa shape index (κ1) is 12.7. The van der Waals surface area contributed by atoms with Crippen LogP contribution in [0.4, 0.5) is 0 Å². The first-order valence-electron chi connectivity index (χ1n) is 5.57. The van der Waals surface area contributed by atoms with E-state index >= 15 is 0 Å². The van der Waals surface area contributed by atoms with Crippen LogP contribution in [0, 0.1) is 5.92 Å². The van der Waals surface area contributed by atoms with E-state index in [-0.39, 0.29) is 31.3 Å². The Bertz CT molecular complexity index is 300. The number of ketones is 1. The molecule has 0 aromatic rings. The highest BCUT2D eigenvalue weighted by molar-refractivity contribution is 6.00. The van der Waals surface area contributed by atoms with Crippen LogP contribution in [0.3, 0.4) is 0 Å². The maximum absolute atomic E-state index is 11.5. The van der Waals surface area contributed by atoms with E-state index in [0.717, 1.165) is 0 Å². The van der Waals surface area contributed by atoms with E-state index in [0.29, 0.717) is 13.0 Å². The third-order valence-electron chi connectivity index (χ3n) is 2.65. The van der Waals surface area contributed by atoms with Gasteiger partial charge in [-0.25, -0.2) is 0 Å². The van der Waals surface area contributed by atoms with Gasteiger partial charge in [-0.05, 0) is 6.92 Å². The Balaban J connectivity index is 2.65. The number of amides is 1. The van der Waals surface area contributed by atoms with Gasteiger partial charge in [0.15, 0.2) is 5.78 Å². The van der Waals surface area contributed by atoms with Crippen LogP contribution in [0.2, 0.25) is 0 Å². The molecular formula is C11H17NO4. The van der Waals surface area contributed by atoms with Crippen LogP contribution in [0.25, 0.3) is 0 Å². The normalized spacial score (nSPS) is 20.8. The molecule has 1 saturated heterocycles. The molecule has 1 heterocycles. The van der Waals surface area contributed by atoms with E-state index < -0.39 is 11.9 Å². The molecule has 0 aromatic carbocycles. The number of hydrogen-bond donors (Lipinski definition) is 0. The summed E-state index contributed by atoms with van der Waals surface area (Å²) in [5, 5.41) is 0. The molecule has 90 valence electrons. The van der Waals surface area contributed by atoms with Gasteiger partial charge in [0.25, 0.3) is 0 Å². The Morgan fingerprint density at radius 1 is 1.44 bits per heavy atom. The summed E-state index contributed by atoms with van der Waals surface area (Å²) in [5.74, 6) is -1.45. The number of ether oxygens (including phenoxy) is 1. The van der Waals surface area contributed by atoms with Gasteiger partial charge in [-0.3, -0.25) is 14.4 Å². The van der Waals surface area contributed by atoms with Crippen LogP contribution in [0.1, 0.15) is 26.7 Å². The highest BCUT2D eigenvalue weighted by atomic mass is 16.5. The average molecular weight is 227 g/mol. The number of carbonyl (C=O) groups excluding carboxylic acids is 3. The summed E-state index contributed by atoms with van der Waals surface area (Å²) in [7, 11) is 0. The summed E-state index contributed by atoms with van der Waals surface area (Å²) < 4.78 is 4.82. The average Bonchev–Trinajstić information content (AvgIpc) is 2.29. The number of carbonyl (C=O) groups is 3. The molecule has 1 fully saturated rings. The van der Waals surface area contributed by atoms with Crippen LogP contribution in [0.15, 0.2) is 0 Å². The molecule has 0 bridgehead atoms. The fourth-order valence-electron chi connectivity index (χ4n) is 1.73. The molecular weight excluding hydrogens is 210 g/mol. The molecule has 0 aliphatic carbocycles. The Kier molecular flexibility index (Phi) is 4.46. The molecule has 0 spiro atoms. The van der Waals surface area contributed by atoms with E-state index in [1.165, 1.54) is 0 Å². The van der Waals surface area contributed by atoms with E-state index in [4.69, 9.17) is 4.74 Å². The van der Waals surface area contributed by atoms with Gasteiger partial charge in [-0.2, -0.15) is 0 Å². The second-order valence-corrected chi connectivity index (χ2v) is 3.71. The van der Waals surface area contributed by atoms with E-state index in [1.807, 2.05) is 0 Å². The van der Waals surface area contributed by atoms with Gasteiger partial charge in [0.05, 0.1) is 6.61 Å². The molecule has 0 aromatic heterocycles. The number of Topliss-reactive ketones (excluding diaryl/α,β-unsaturated/α-hetero) is 1. The van der Waals surface area contributed by atoms with Crippen LogP contribution < -0.4 is 0 Å². The van der Waals surface area contributed by atoms with Crippen LogP contribution in [-0.2, 0) is 19.1 Å². The SMILES string of the molecule is CCOC(=O)C1CN(C(=O)CC)CCC1=O. The molecule has 1 rings (SSSR count). The minimum absolute atomic E-state index is 0.0261. The lowest BCUT2D eigenvalue weighted by Gasteiger charge is -2.30. The molecule has 1 amide bonds. The Labute approximate surface area is 94.7 Å². The maximum atomic E-state index is 11.5. The second kappa shape index (κ2) is 5.63. The van der Waals surface area contributed by atoms with E-state index in [9.17, 15) is 14.4 Å².